The smallest absolute Gasteiger partial charge is 0.138 e. The van der Waals surface area contributed by atoms with E-state index >= 15 is 0 Å². The number of hydrogen-bond acceptors (Lipinski definition) is 2. The van der Waals surface area contributed by atoms with Crippen molar-refractivity contribution in [2.45, 2.75) is 6.61 Å². The van der Waals surface area contributed by atoms with Crippen LogP contribution >= 0.6 is 23.2 Å². The van der Waals surface area contributed by atoms with E-state index in [-0.39, 0.29) is 12.4 Å². The second-order valence-electron chi connectivity index (χ2n) is 3.34. The van der Waals surface area contributed by atoms with Crippen LogP contribution in [0.1, 0.15) is 5.56 Å². The van der Waals surface area contributed by atoms with Gasteiger partial charge in [0.2, 0.25) is 0 Å². The Morgan fingerprint density at radius 3 is 2.71 bits per heavy atom. The van der Waals surface area contributed by atoms with E-state index in [0.29, 0.717) is 21.5 Å². The molecule has 2 aromatic rings. The highest BCUT2D eigenvalue weighted by molar-refractivity contribution is 6.31. The summed E-state index contributed by atoms with van der Waals surface area (Å²) < 4.78 is 18.4. The first-order valence-electron chi connectivity index (χ1n) is 4.83. The van der Waals surface area contributed by atoms with Crippen LogP contribution in [-0.4, -0.2) is 4.98 Å². The molecule has 1 aromatic carbocycles. The first kappa shape index (κ1) is 12.1. The quantitative estimate of drug-likeness (QED) is 0.784. The van der Waals surface area contributed by atoms with Crippen LogP contribution < -0.4 is 4.74 Å². The SMILES string of the molecule is Fc1ccc(Cl)c(COc2ccc(Cl)nc2)c1. The number of halogens is 3. The highest BCUT2D eigenvalue weighted by atomic mass is 35.5. The van der Waals surface area contributed by atoms with Crippen LogP contribution in [0.4, 0.5) is 4.39 Å². The van der Waals surface area contributed by atoms with Gasteiger partial charge in [0.15, 0.2) is 0 Å². The van der Waals surface area contributed by atoms with Crippen molar-refractivity contribution < 1.29 is 9.13 Å². The third kappa shape index (κ3) is 3.32. The fraction of sp³-hybridized carbons (Fsp3) is 0.0833. The zero-order valence-corrected chi connectivity index (χ0v) is 10.2. The Hall–Kier alpha value is -1.32. The number of aromatic nitrogens is 1. The van der Waals surface area contributed by atoms with Crippen LogP contribution in [0.3, 0.4) is 0 Å². The fourth-order valence-corrected chi connectivity index (χ4v) is 1.55. The summed E-state index contributed by atoms with van der Waals surface area (Å²) in [5, 5.41) is 0.856. The van der Waals surface area contributed by atoms with Crippen LogP contribution in [0.5, 0.6) is 5.75 Å². The van der Waals surface area contributed by atoms with Gasteiger partial charge in [0.25, 0.3) is 0 Å². The van der Waals surface area contributed by atoms with Gasteiger partial charge in [-0.1, -0.05) is 23.2 Å². The minimum absolute atomic E-state index is 0.180. The lowest BCUT2D eigenvalue weighted by Crippen LogP contribution is -1.97. The summed E-state index contributed by atoms with van der Waals surface area (Å²) in [6, 6.07) is 7.43. The van der Waals surface area contributed by atoms with Gasteiger partial charge in [0, 0.05) is 10.6 Å². The lowest BCUT2D eigenvalue weighted by Gasteiger charge is -2.07. The Morgan fingerprint density at radius 1 is 1.18 bits per heavy atom. The first-order valence-corrected chi connectivity index (χ1v) is 5.59. The Labute approximate surface area is 108 Å². The van der Waals surface area contributed by atoms with E-state index in [9.17, 15) is 4.39 Å². The summed E-state index contributed by atoms with van der Waals surface area (Å²) in [7, 11) is 0. The first-order chi connectivity index (χ1) is 8.15. The van der Waals surface area contributed by atoms with Gasteiger partial charge >= 0.3 is 0 Å². The lowest BCUT2D eigenvalue weighted by molar-refractivity contribution is 0.304. The molecule has 0 aliphatic carbocycles. The Kier molecular flexibility index (Phi) is 3.82. The van der Waals surface area contributed by atoms with Crippen molar-refractivity contribution in [1.29, 1.82) is 0 Å². The maximum absolute atomic E-state index is 13.0. The van der Waals surface area contributed by atoms with Crippen LogP contribution in [-0.2, 0) is 6.61 Å². The van der Waals surface area contributed by atoms with Gasteiger partial charge < -0.3 is 4.74 Å². The van der Waals surface area contributed by atoms with E-state index < -0.39 is 0 Å². The molecule has 0 bridgehead atoms. The van der Waals surface area contributed by atoms with E-state index in [1.54, 1.807) is 12.1 Å². The molecule has 0 radical (unpaired) electrons. The van der Waals surface area contributed by atoms with Gasteiger partial charge in [0.1, 0.15) is 23.3 Å². The Balaban J connectivity index is 2.07. The van der Waals surface area contributed by atoms with Crippen molar-refractivity contribution in [3.8, 4) is 5.75 Å². The van der Waals surface area contributed by atoms with E-state index in [1.807, 2.05) is 0 Å². The summed E-state index contributed by atoms with van der Waals surface area (Å²) in [6.07, 6.45) is 1.50. The van der Waals surface area contributed by atoms with Crippen molar-refractivity contribution in [2.75, 3.05) is 0 Å². The molecule has 88 valence electrons. The van der Waals surface area contributed by atoms with Crippen molar-refractivity contribution in [3.63, 3.8) is 0 Å². The van der Waals surface area contributed by atoms with Gasteiger partial charge in [-0.05, 0) is 30.3 Å². The maximum atomic E-state index is 13.0. The topological polar surface area (TPSA) is 22.1 Å². The normalized spacial score (nSPS) is 10.3. The van der Waals surface area contributed by atoms with Crippen LogP contribution in [0, 0.1) is 5.82 Å². The zero-order chi connectivity index (χ0) is 12.3. The Bertz CT molecular complexity index is 516. The van der Waals surface area contributed by atoms with Gasteiger partial charge in [-0.3, -0.25) is 0 Å². The minimum atomic E-state index is -0.345. The van der Waals surface area contributed by atoms with Crippen molar-refractivity contribution in [3.05, 3.63) is 58.1 Å². The number of hydrogen-bond donors (Lipinski definition) is 0. The molecule has 0 aliphatic heterocycles. The molecule has 0 aliphatic rings. The largest absolute Gasteiger partial charge is 0.487 e. The molecule has 0 fully saturated rings. The van der Waals surface area contributed by atoms with Gasteiger partial charge in [-0.2, -0.15) is 0 Å². The van der Waals surface area contributed by atoms with E-state index in [0.717, 1.165) is 0 Å². The second-order valence-corrected chi connectivity index (χ2v) is 4.14. The molecule has 0 amide bonds. The molecule has 0 spiro atoms. The minimum Gasteiger partial charge on any atom is -0.487 e. The van der Waals surface area contributed by atoms with Gasteiger partial charge in [0.05, 0.1) is 6.20 Å². The number of nitrogens with zero attached hydrogens (tertiary/aromatic N) is 1. The highest BCUT2D eigenvalue weighted by Crippen LogP contribution is 2.20. The molecule has 0 unspecified atom stereocenters. The lowest BCUT2D eigenvalue weighted by atomic mass is 10.2. The number of benzene rings is 1. The summed E-state index contributed by atoms with van der Waals surface area (Å²) in [6.45, 7) is 0.180. The van der Waals surface area contributed by atoms with Gasteiger partial charge in [-0.15, -0.1) is 0 Å². The molecule has 5 heteroatoms. The number of pyridine rings is 1. The van der Waals surface area contributed by atoms with E-state index in [2.05, 4.69) is 4.98 Å². The molecular formula is C12H8Cl2FNO. The van der Waals surface area contributed by atoms with Crippen molar-refractivity contribution >= 4 is 23.2 Å². The molecule has 2 nitrogen and oxygen atoms in total. The van der Waals surface area contributed by atoms with Gasteiger partial charge in [-0.25, -0.2) is 9.37 Å². The summed E-state index contributed by atoms with van der Waals surface area (Å²) in [5.41, 5.74) is 0.585. The molecule has 0 atom stereocenters. The van der Waals surface area contributed by atoms with Crippen LogP contribution in [0.15, 0.2) is 36.5 Å². The fourth-order valence-electron chi connectivity index (χ4n) is 1.26. The average molecular weight is 272 g/mol. The number of ether oxygens (including phenoxy) is 1. The number of rotatable bonds is 3. The summed E-state index contributed by atoms with van der Waals surface area (Å²) in [4.78, 5) is 3.86. The third-order valence-electron chi connectivity index (χ3n) is 2.10. The molecule has 2 rings (SSSR count). The molecule has 17 heavy (non-hydrogen) atoms. The van der Waals surface area contributed by atoms with E-state index in [4.69, 9.17) is 27.9 Å². The molecule has 0 saturated carbocycles. The summed E-state index contributed by atoms with van der Waals surface area (Å²) >= 11 is 11.5. The van der Waals surface area contributed by atoms with Crippen molar-refractivity contribution in [1.82, 2.24) is 4.98 Å². The third-order valence-corrected chi connectivity index (χ3v) is 2.69. The van der Waals surface area contributed by atoms with E-state index in [1.165, 1.54) is 24.4 Å². The standard InChI is InChI=1S/C12H8Cl2FNO/c13-11-3-1-9(15)5-8(11)7-17-10-2-4-12(14)16-6-10/h1-6H,7H2. The Morgan fingerprint density at radius 2 is 2.00 bits per heavy atom. The molecule has 1 heterocycles. The summed E-state index contributed by atoms with van der Waals surface area (Å²) in [5.74, 6) is 0.206. The molecular weight excluding hydrogens is 264 g/mol. The van der Waals surface area contributed by atoms with Crippen LogP contribution in [0.2, 0.25) is 10.2 Å². The average Bonchev–Trinajstić information content (AvgIpc) is 2.32. The molecule has 0 N–H and O–H groups in total. The zero-order valence-electron chi connectivity index (χ0n) is 8.66. The van der Waals surface area contributed by atoms with Crippen molar-refractivity contribution in [2.24, 2.45) is 0 Å². The van der Waals surface area contributed by atoms with Crippen LogP contribution in [0.25, 0.3) is 0 Å². The monoisotopic (exact) mass is 271 g/mol. The second kappa shape index (κ2) is 5.34. The predicted octanol–water partition coefficient (Wildman–Crippen LogP) is 4.11. The maximum Gasteiger partial charge on any atom is 0.138 e. The predicted molar refractivity (Wildman–Crippen MR) is 65.0 cm³/mol. The molecule has 0 saturated heterocycles. The highest BCUT2D eigenvalue weighted by Gasteiger charge is 2.03. The molecule has 1 aromatic heterocycles.